The highest BCUT2D eigenvalue weighted by Crippen LogP contribution is 2.25. The van der Waals surface area contributed by atoms with E-state index in [1.165, 1.54) is 11.3 Å². The topological polar surface area (TPSA) is 68.2 Å². The van der Waals surface area contributed by atoms with Gasteiger partial charge in [-0.1, -0.05) is 30.3 Å². The van der Waals surface area contributed by atoms with Crippen LogP contribution in [0.5, 0.6) is 6.01 Å². The fourth-order valence-corrected chi connectivity index (χ4v) is 4.16. The monoisotopic (exact) mass is 394 g/mol. The number of likely N-dealkylation sites (tertiary alicyclic amines) is 1. The van der Waals surface area contributed by atoms with E-state index in [1.54, 1.807) is 0 Å². The van der Waals surface area contributed by atoms with Crippen molar-refractivity contribution < 1.29 is 9.53 Å². The van der Waals surface area contributed by atoms with Gasteiger partial charge in [-0.2, -0.15) is 0 Å². The summed E-state index contributed by atoms with van der Waals surface area (Å²) in [5, 5.41) is 2.69. The molecular weight excluding hydrogens is 372 g/mol. The van der Waals surface area contributed by atoms with Crippen molar-refractivity contribution in [1.29, 1.82) is 0 Å². The maximum absolute atomic E-state index is 12.9. The molecule has 0 aliphatic carbocycles. The van der Waals surface area contributed by atoms with Crippen LogP contribution >= 0.6 is 11.3 Å². The van der Waals surface area contributed by atoms with E-state index >= 15 is 0 Å². The van der Waals surface area contributed by atoms with E-state index in [9.17, 15) is 4.79 Å². The lowest BCUT2D eigenvalue weighted by Gasteiger charge is -2.32. The van der Waals surface area contributed by atoms with E-state index in [-0.39, 0.29) is 12.0 Å². The molecule has 28 heavy (non-hydrogen) atoms. The number of carbonyl (C=O) groups is 1. The summed E-state index contributed by atoms with van der Waals surface area (Å²) in [5.74, 6) is -0.0481. The van der Waals surface area contributed by atoms with Crippen LogP contribution in [0.1, 0.15) is 34.7 Å². The third kappa shape index (κ3) is 4.20. The molecule has 0 saturated carbocycles. The number of aryl methyl sites for hydroxylation is 2. The molecule has 1 unspecified atom stereocenters. The summed E-state index contributed by atoms with van der Waals surface area (Å²) in [6.45, 7) is 5.08. The average molecular weight is 395 g/mol. The predicted molar refractivity (Wildman–Crippen MR) is 109 cm³/mol. The second-order valence-corrected chi connectivity index (χ2v) is 7.83. The maximum Gasteiger partial charge on any atom is 0.317 e. The van der Waals surface area contributed by atoms with Gasteiger partial charge in [-0.3, -0.25) is 4.79 Å². The number of amides is 1. The number of hydrogen-bond acceptors (Lipinski definition) is 6. The summed E-state index contributed by atoms with van der Waals surface area (Å²) >= 11 is 1.49. The first-order chi connectivity index (χ1) is 13.6. The molecule has 1 aliphatic heterocycles. The van der Waals surface area contributed by atoms with E-state index in [1.807, 2.05) is 60.5 Å². The zero-order valence-corrected chi connectivity index (χ0v) is 16.8. The van der Waals surface area contributed by atoms with Crippen molar-refractivity contribution >= 4 is 17.2 Å². The van der Waals surface area contributed by atoms with Gasteiger partial charge in [0.25, 0.3) is 5.91 Å². The molecule has 7 heteroatoms. The number of rotatable bonds is 4. The Morgan fingerprint density at radius 1 is 1.14 bits per heavy atom. The van der Waals surface area contributed by atoms with Crippen molar-refractivity contribution in [3.8, 4) is 16.6 Å². The molecule has 1 amide bonds. The first kappa shape index (κ1) is 18.6. The Kier molecular flexibility index (Phi) is 5.34. The molecule has 6 nitrogen and oxygen atoms in total. The number of benzene rings is 1. The second kappa shape index (κ2) is 8.06. The van der Waals surface area contributed by atoms with Gasteiger partial charge in [0.15, 0.2) is 0 Å². The normalized spacial score (nSPS) is 16.8. The van der Waals surface area contributed by atoms with Gasteiger partial charge in [0.05, 0.1) is 6.54 Å². The summed E-state index contributed by atoms with van der Waals surface area (Å²) in [6, 6.07) is 12.2. The van der Waals surface area contributed by atoms with Gasteiger partial charge in [-0.15, -0.1) is 11.3 Å². The largest absolute Gasteiger partial charge is 0.458 e. The first-order valence-electron chi connectivity index (χ1n) is 9.37. The zero-order chi connectivity index (χ0) is 19.5. The lowest BCUT2D eigenvalue weighted by atomic mass is 10.1. The van der Waals surface area contributed by atoms with Gasteiger partial charge in [-0.05, 0) is 32.8 Å². The average Bonchev–Trinajstić information content (AvgIpc) is 3.18. The van der Waals surface area contributed by atoms with Gasteiger partial charge >= 0.3 is 6.01 Å². The highest BCUT2D eigenvalue weighted by molar-refractivity contribution is 7.13. The lowest BCUT2D eigenvalue weighted by Crippen LogP contribution is -2.44. The Hall–Kier alpha value is -2.80. The van der Waals surface area contributed by atoms with E-state index in [0.717, 1.165) is 34.8 Å². The zero-order valence-electron chi connectivity index (χ0n) is 16.0. The Labute approximate surface area is 168 Å². The first-order valence-corrected chi connectivity index (χ1v) is 10.3. The van der Waals surface area contributed by atoms with Gasteiger partial charge in [-0.25, -0.2) is 15.0 Å². The second-order valence-electron chi connectivity index (χ2n) is 6.97. The van der Waals surface area contributed by atoms with Gasteiger partial charge in [0.2, 0.25) is 0 Å². The Morgan fingerprint density at radius 2 is 1.89 bits per heavy atom. The van der Waals surface area contributed by atoms with Crippen molar-refractivity contribution in [2.75, 3.05) is 13.1 Å². The standard InChI is InChI=1S/C21H22N4O2S/c1-14-11-15(2)23-21(22-14)27-17-9-6-10-25(12-17)20(26)18-13-28-19(24-18)16-7-4-3-5-8-16/h3-5,7-8,11,13,17H,6,9-10,12H2,1-2H3. The Bertz CT molecular complexity index is 953. The number of piperidine rings is 1. The van der Waals surface area contributed by atoms with Crippen LogP contribution in [-0.4, -0.2) is 45.0 Å². The summed E-state index contributed by atoms with van der Waals surface area (Å²) in [6.07, 6.45) is 1.66. The van der Waals surface area contributed by atoms with E-state index < -0.39 is 0 Å². The molecule has 3 aromatic rings. The minimum absolute atomic E-state index is 0.0481. The van der Waals surface area contributed by atoms with Crippen LogP contribution in [-0.2, 0) is 0 Å². The van der Waals surface area contributed by atoms with Crippen LogP contribution in [0.4, 0.5) is 0 Å². The van der Waals surface area contributed by atoms with Crippen LogP contribution in [0.25, 0.3) is 10.6 Å². The van der Waals surface area contributed by atoms with Crippen LogP contribution in [0.2, 0.25) is 0 Å². The Morgan fingerprint density at radius 3 is 2.64 bits per heavy atom. The molecule has 1 fully saturated rings. The molecule has 4 rings (SSSR count). The molecule has 0 bridgehead atoms. The van der Waals surface area contributed by atoms with E-state index in [4.69, 9.17) is 4.74 Å². The number of thiazole rings is 1. The highest BCUT2D eigenvalue weighted by atomic mass is 32.1. The molecule has 3 heterocycles. The van der Waals surface area contributed by atoms with Crippen molar-refractivity contribution in [1.82, 2.24) is 19.9 Å². The smallest absolute Gasteiger partial charge is 0.317 e. The molecule has 144 valence electrons. The van der Waals surface area contributed by atoms with Crippen molar-refractivity contribution in [2.45, 2.75) is 32.8 Å². The summed E-state index contributed by atoms with van der Waals surface area (Å²) < 4.78 is 5.97. The lowest BCUT2D eigenvalue weighted by molar-refractivity contribution is 0.0510. The number of hydrogen-bond donors (Lipinski definition) is 0. The summed E-state index contributed by atoms with van der Waals surface area (Å²) in [4.78, 5) is 28.0. The van der Waals surface area contributed by atoms with Gasteiger partial charge in [0.1, 0.15) is 16.8 Å². The van der Waals surface area contributed by atoms with E-state index in [2.05, 4.69) is 15.0 Å². The number of ether oxygens (including phenoxy) is 1. The summed E-state index contributed by atoms with van der Waals surface area (Å²) in [7, 11) is 0. The van der Waals surface area contributed by atoms with Gasteiger partial charge < -0.3 is 9.64 Å². The Balaban J connectivity index is 1.44. The highest BCUT2D eigenvalue weighted by Gasteiger charge is 2.27. The van der Waals surface area contributed by atoms with Crippen molar-refractivity contribution in [3.63, 3.8) is 0 Å². The number of aromatic nitrogens is 3. The van der Waals surface area contributed by atoms with Crippen LogP contribution in [0.15, 0.2) is 41.8 Å². The molecule has 2 aromatic heterocycles. The molecular formula is C21H22N4O2S. The maximum atomic E-state index is 12.9. The molecule has 0 spiro atoms. The number of carbonyl (C=O) groups excluding carboxylic acids is 1. The predicted octanol–water partition coefficient (Wildman–Crippen LogP) is 3.90. The fraction of sp³-hybridized carbons (Fsp3) is 0.333. The molecule has 1 atom stereocenters. The van der Waals surface area contributed by atoms with Crippen LogP contribution in [0.3, 0.4) is 0 Å². The third-order valence-electron chi connectivity index (χ3n) is 4.64. The van der Waals surface area contributed by atoms with Gasteiger partial charge in [0, 0.05) is 28.9 Å². The third-order valence-corrected chi connectivity index (χ3v) is 5.53. The van der Waals surface area contributed by atoms with E-state index in [0.29, 0.717) is 24.8 Å². The molecule has 1 aliphatic rings. The van der Waals surface area contributed by atoms with Crippen molar-refractivity contribution in [3.05, 3.63) is 58.9 Å². The van der Waals surface area contributed by atoms with Crippen molar-refractivity contribution in [2.24, 2.45) is 0 Å². The van der Waals surface area contributed by atoms with Crippen LogP contribution in [0, 0.1) is 13.8 Å². The quantitative estimate of drug-likeness (QED) is 0.671. The molecule has 0 N–H and O–H groups in total. The fourth-order valence-electron chi connectivity index (χ4n) is 3.36. The number of nitrogens with zero attached hydrogens (tertiary/aromatic N) is 4. The molecule has 1 aromatic carbocycles. The molecule has 1 saturated heterocycles. The SMILES string of the molecule is Cc1cc(C)nc(OC2CCCN(C(=O)c3csc(-c4ccccc4)n3)C2)n1. The summed E-state index contributed by atoms with van der Waals surface area (Å²) in [5.41, 5.74) is 3.27. The molecule has 0 radical (unpaired) electrons. The van der Waals surface area contributed by atoms with Crippen LogP contribution < -0.4 is 4.74 Å². The minimum atomic E-state index is -0.105. The minimum Gasteiger partial charge on any atom is -0.458 e.